The number of hydrazine groups is 1. The van der Waals surface area contributed by atoms with Crippen LogP contribution in [0.1, 0.15) is 26.7 Å². The van der Waals surface area contributed by atoms with E-state index in [-0.39, 0.29) is 5.91 Å². The van der Waals surface area contributed by atoms with Gasteiger partial charge in [0.15, 0.2) is 0 Å². The molecule has 4 nitrogen and oxygen atoms in total. The zero-order chi connectivity index (χ0) is 8.69. The highest BCUT2D eigenvalue weighted by Crippen LogP contribution is 1.93. The number of hydrogen-bond donors (Lipinski definition) is 2. The first-order valence-electron chi connectivity index (χ1n) is 3.84. The predicted octanol–water partition coefficient (Wildman–Crippen LogP) is 0.182. The lowest BCUT2D eigenvalue weighted by Gasteiger charge is -2.09. The molecule has 0 aliphatic carbocycles. The molecule has 1 atom stereocenters. The zero-order valence-electron chi connectivity index (χ0n) is 7.09. The van der Waals surface area contributed by atoms with E-state index in [1.54, 1.807) is 6.92 Å². The smallest absolute Gasteiger partial charge is 0.262 e. The third-order valence-corrected chi connectivity index (χ3v) is 1.38. The van der Waals surface area contributed by atoms with Crippen molar-refractivity contribution in [3.63, 3.8) is 0 Å². The quantitative estimate of drug-likeness (QED) is 0.261. The molecule has 0 unspecified atom stereocenters. The first-order chi connectivity index (χ1) is 5.22. The Morgan fingerprint density at radius 1 is 1.73 bits per heavy atom. The average molecular weight is 160 g/mol. The van der Waals surface area contributed by atoms with Gasteiger partial charge in [0.1, 0.15) is 6.10 Å². The number of unbranched alkanes of at least 4 members (excludes halogenated alkanes) is 1. The number of hydrogen-bond acceptors (Lipinski definition) is 3. The van der Waals surface area contributed by atoms with Crippen LogP contribution in [0, 0.1) is 0 Å². The highest BCUT2D eigenvalue weighted by atomic mass is 16.5. The van der Waals surface area contributed by atoms with Crippen molar-refractivity contribution in [1.82, 2.24) is 5.43 Å². The highest BCUT2D eigenvalue weighted by Gasteiger charge is 2.09. The molecule has 0 bridgehead atoms. The summed E-state index contributed by atoms with van der Waals surface area (Å²) >= 11 is 0. The van der Waals surface area contributed by atoms with Crippen LogP contribution in [-0.4, -0.2) is 18.6 Å². The summed E-state index contributed by atoms with van der Waals surface area (Å²) in [6.45, 7) is 4.36. The molecule has 0 aromatic carbocycles. The minimum atomic E-state index is -0.438. The summed E-state index contributed by atoms with van der Waals surface area (Å²) < 4.78 is 5.14. The lowest BCUT2D eigenvalue weighted by Crippen LogP contribution is -2.39. The first kappa shape index (κ1) is 10.4. The molecule has 0 saturated heterocycles. The largest absolute Gasteiger partial charge is 0.369 e. The first-order valence-corrected chi connectivity index (χ1v) is 3.84. The van der Waals surface area contributed by atoms with Crippen molar-refractivity contribution in [3.8, 4) is 0 Å². The van der Waals surface area contributed by atoms with Crippen LogP contribution in [0.3, 0.4) is 0 Å². The minimum Gasteiger partial charge on any atom is -0.369 e. The number of nitrogens with one attached hydrogen (secondary N) is 1. The van der Waals surface area contributed by atoms with Crippen LogP contribution in [0.2, 0.25) is 0 Å². The number of carbonyl (C=O) groups excluding carboxylic acids is 1. The Morgan fingerprint density at radius 3 is 2.82 bits per heavy atom. The molecule has 0 rings (SSSR count). The summed E-state index contributed by atoms with van der Waals surface area (Å²) in [5, 5.41) is 0. The molecule has 3 N–H and O–H groups in total. The van der Waals surface area contributed by atoms with E-state index in [9.17, 15) is 4.79 Å². The van der Waals surface area contributed by atoms with Crippen LogP contribution >= 0.6 is 0 Å². The van der Waals surface area contributed by atoms with Crippen molar-refractivity contribution < 1.29 is 9.53 Å². The van der Waals surface area contributed by atoms with E-state index in [0.29, 0.717) is 6.61 Å². The third kappa shape index (κ3) is 4.75. The number of amides is 1. The van der Waals surface area contributed by atoms with Crippen molar-refractivity contribution in [2.45, 2.75) is 32.8 Å². The predicted molar refractivity (Wildman–Crippen MR) is 42.7 cm³/mol. The van der Waals surface area contributed by atoms with Crippen LogP contribution in [0.15, 0.2) is 0 Å². The molecule has 11 heavy (non-hydrogen) atoms. The topological polar surface area (TPSA) is 64.3 Å². The Labute approximate surface area is 67.1 Å². The second kappa shape index (κ2) is 6.12. The van der Waals surface area contributed by atoms with Gasteiger partial charge < -0.3 is 4.74 Å². The molecule has 0 saturated carbocycles. The fourth-order valence-electron chi connectivity index (χ4n) is 0.597. The van der Waals surface area contributed by atoms with Crippen LogP contribution in [0.25, 0.3) is 0 Å². The maximum absolute atomic E-state index is 10.7. The molecule has 0 heterocycles. The Hall–Kier alpha value is -0.610. The normalized spacial score (nSPS) is 12.6. The number of ether oxygens (including phenoxy) is 1. The standard InChI is InChI=1S/C7H16N2O2/c1-3-4-5-11-6(2)7(10)9-8/h6H,3-5,8H2,1-2H3,(H,9,10)/t6-/m1/s1. The number of rotatable bonds is 5. The van der Waals surface area contributed by atoms with Gasteiger partial charge in [0.2, 0.25) is 0 Å². The summed E-state index contributed by atoms with van der Waals surface area (Å²) in [6.07, 6.45) is 1.60. The Bertz CT molecular complexity index is 117. The monoisotopic (exact) mass is 160 g/mol. The molecular formula is C7H16N2O2. The van der Waals surface area contributed by atoms with E-state index >= 15 is 0 Å². The summed E-state index contributed by atoms with van der Waals surface area (Å²) in [5.41, 5.74) is 2.03. The highest BCUT2D eigenvalue weighted by molar-refractivity contribution is 5.79. The van der Waals surface area contributed by atoms with Crippen molar-refractivity contribution in [2.75, 3.05) is 6.61 Å². The second-order valence-corrected chi connectivity index (χ2v) is 2.38. The maximum atomic E-state index is 10.7. The molecule has 4 heteroatoms. The lowest BCUT2D eigenvalue weighted by molar-refractivity contribution is -0.131. The minimum absolute atomic E-state index is 0.277. The maximum Gasteiger partial charge on any atom is 0.262 e. The van der Waals surface area contributed by atoms with Crippen LogP contribution < -0.4 is 11.3 Å². The molecule has 0 spiro atoms. The Morgan fingerprint density at radius 2 is 2.36 bits per heavy atom. The van der Waals surface area contributed by atoms with Gasteiger partial charge >= 0.3 is 0 Å². The van der Waals surface area contributed by atoms with Crippen LogP contribution in [-0.2, 0) is 9.53 Å². The van der Waals surface area contributed by atoms with Gasteiger partial charge in [0.25, 0.3) is 5.91 Å². The molecule has 0 aromatic heterocycles. The molecule has 1 amide bonds. The van der Waals surface area contributed by atoms with Crippen molar-refractivity contribution in [2.24, 2.45) is 5.84 Å². The molecular weight excluding hydrogens is 144 g/mol. The van der Waals surface area contributed by atoms with Crippen LogP contribution in [0.5, 0.6) is 0 Å². The summed E-state index contributed by atoms with van der Waals surface area (Å²) in [7, 11) is 0. The van der Waals surface area contributed by atoms with E-state index in [4.69, 9.17) is 10.6 Å². The van der Waals surface area contributed by atoms with Gasteiger partial charge in [-0.2, -0.15) is 0 Å². The van der Waals surface area contributed by atoms with Crippen molar-refractivity contribution in [1.29, 1.82) is 0 Å². The summed E-state index contributed by atoms with van der Waals surface area (Å²) in [6, 6.07) is 0. The van der Waals surface area contributed by atoms with Gasteiger partial charge in [0, 0.05) is 6.61 Å². The van der Waals surface area contributed by atoms with Gasteiger partial charge in [-0.25, -0.2) is 5.84 Å². The molecule has 0 aliphatic heterocycles. The fourth-order valence-corrected chi connectivity index (χ4v) is 0.597. The zero-order valence-corrected chi connectivity index (χ0v) is 7.09. The van der Waals surface area contributed by atoms with E-state index < -0.39 is 6.10 Å². The van der Waals surface area contributed by atoms with Crippen molar-refractivity contribution >= 4 is 5.91 Å². The van der Waals surface area contributed by atoms with Gasteiger partial charge in [-0.3, -0.25) is 10.2 Å². The Kier molecular flexibility index (Phi) is 5.78. The van der Waals surface area contributed by atoms with Gasteiger partial charge in [0.05, 0.1) is 0 Å². The van der Waals surface area contributed by atoms with E-state index in [2.05, 4.69) is 6.92 Å². The van der Waals surface area contributed by atoms with E-state index in [1.165, 1.54) is 0 Å². The van der Waals surface area contributed by atoms with Crippen molar-refractivity contribution in [3.05, 3.63) is 0 Å². The summed E-state index contributed by atoms with van der Waals surface area (Å²) in [4.78, 5) is 10.7. The lowest BCUT2D eigenvalue weighted by atomic mass is 10.3. The van der Waals surface area contributed by atoms with Gasteiger partial charge in [-0.05, 0) is 13.3 Å². The molecule has 66 valence electrons. The molecule has 0 fully saturated rings. The molecule has 0 radical (unpaired) electrons. The summed E-state index contributed by atoms with van der Waals surface area (Å²) in [5.74, 6) is 4.62. The third-order valence-electron chi connectivity index (χ3n) is 1.38. The fraction of sp³-hybridized carbons (Fsp3) is 0.857. The molecule has 0 aromatic rings. The van der Waals surface area contributed by atoms with Crippen LogP contribution in [0.4, 0.5) is 0 Å². The Balaban J connectivity index is 3.36. The average Bonchev–Trinajstić information content (AvgIpc) is 2.03. The SMILES string of the molecule is CCCCO[C@H](C)C(=O)NN. The van der Waals surface area contributed by atoms with E-state index in [0.717, 1.165) is 12.8 Å². The molecule has 0 aliphatic rings. The van der Waals surface area contributed by atoms with E-state index in [1.807, 2.05) is 5.43 Å². The number of nitrogens with two attached hydrogens (primary N) is 1. The number of carbonyl (C=O) groups is 1. The van der Waals surface area contributed by atoms with Gasteiger partial charge in [-0.1, -0.05) is 13.3 Å². The van der Waals surface area contributed by atoms with Gasteiger partial charge in [-0.15, -0.1) is 0 Å². The second-order valence-electron chi connectivity index (χ2n) is 2.38.